The number of hydrogen-bond acceptors (Lipinski definition) is 5. The van der Waals surface area contributed by atoms with E-state index in [0.717, 1.165) is 24.3 Å². The van der Waals surface area contributed by atoms with Gasteiger partial charge in [0.15, 0.2) is 5.79 Å². The highest BCUT2D eigenvalue weighted by atomic mass is 19.1. The first-order valence-electron chi connectivity index (χ1n) is 10.7. The van der Waals surface area contributed by atoms with Crippen molar-refractivity contribution in [2.75, 3.05) is 26.3 Å². The van der Waals surface area contributed by atoms with Crippen molar-refractivity contribution in [2.45, 2.75) is 44.7 Å². The van der Waals surface area contributed by atoms with Crippen LogP contribution in [0.15, 0.2) is 42.5 Å². The minimum absolute atomic E-state index is 0.252. The van der Waals surface area contributed by atoms with Crippen LogP contribution < -0.4 is 10.1 Å². The van der Waals surface area contributed by atoms with Crippen LogP contribution in [0.4, 0.5) is 9.18 Å². The van der Waals surface area contributed by atoms with Crippen LogP contribution in [0, 0.1) is 5.82 Å². The zero-order valence-electron chi connectivity index (χ0n) is 18.4. The second-order valence-corrected chi connectivity index (χ2v) is 9.00. The number of nitrogens with zero attached hydrogens (tertiary/aromatic N) is 1. The summed E-state index contributed by atoms with van der Waals surface area (Å²) in [7, 11) is 0. The van der Waals surface area contributed by atoms with Crippen LogP contribution in [0.1, 0.15) is 30.5 Å². The number of halogens is 1. The van der Waals surface area contributed by atoms with Gasteiger partial charge < -0.3 is 24.6 Å². The molecule has 0 aromatic heterocycles. The van der Waals surface area contributed by atoms with Gasteiger partial charge in [-0.25, -0.2) is 9.18 Å². The van der Waals surface area contributed by atoms with E-state index < -0.39 is 17.4 Å². The van der Waals surface area contributed by atoms with Gasteiger partial charge in [0.2, 0.25) is 0 Å². The van der Waals surface area contributed by atoms with Crippen molar-refractivity contribution in [3.63, 3.8) is 0 Å². The van der Waals surface area contributed by atoms with Crippen molar-refractivity contribution in [1.82, 2.24) is 10.2 Å². The molecule has 0 unspecified atom stereocenters. The molecular weight excluding hydrogens is 415 g/mol. The lowest BCUT2D eigenvalue weighted by molar-refractivity contribution is -0.272. The Bertz CT molecular complexity index is 971. The van der Waals surface area contributed by atoms with Gasteiger partial charge in [-0.15, -0.1) is 0 Å². The summed E-state index contributed by atoms with van der Waals surface area (Å²) in [5, 5.41) is 12.0. The number of hydrogen-bond donors (Lipinski definition) is 2. The molecule has 7 nitrogen and oxygen atoms in total. The highest BCUT2D eigenvalue weighted by molar-refractivity contribution is 5.65. The number of nitrogens with one attached hydrogen (secondary N) is 1. The summed E-state index contributed by atoms with van der Waals surface area (Å²) >= 11 is 0. The number of benzene rings is 2. The molecule has 2 aromatic rings. The topological polar surface area (TPSA) is 80.3 Å². The van der Waals surface area contributed by atoms with Gasteiger partial charge in [0.25, 0.3) is 0 Å². The summed E-state index contributed by atoms with van der Waals surface area (Å²) in [6, 6.07) is 12.4. The highest BCUT2D eigenvalue weighted by Crippen LogP contribution is 2.28. The summed E-state index contributed by atoms with van der Waals surface area (Å²) in [6.07, 6.45) is -0.266. The Hall–Kier alpha value is -2.68. The lowest BCUT2D eigenvalue weighted by atomic mass is 9.95. The first kappa shape index (κ1) is 22.5. The largest absolute Gasteiger partial charge is 0.489 e. The molecule has 172 valence electrons. The monoisotopic (exact) mass is 444 g/mol. The van der Waals surface area contributed by atoms with Gasteiger partial charge in [-0.05, 0) is 61.2 Å². The quantitative estimate of drug-likeness (QED) is 0.709. The number of ether oxygens (including phenoxy) is 3. The minimum atomic E-state index is -1.09. The van der Waals surface area contributed by atoms with E-state index >= 15 is 0 Å². The van der Waals surface area contributed by atoms with E-state index in [9.17, 15) is 14.3 Å². The van der Waals surface area contributed by atoms with E-state index in [2.05, 4.69) is 10.2 Å². The lowest BCUT2D eigenvalue weighted by Gasteiger charge is -2.46. The van der Waals surface area contributed by atoms with Gasteiger partial charge in [0, 0.05) is 19.6 Å². The molecule has 2 N–H and O–H groups in total. The van der Waals surface area contributed by atoms with E-state index in [0.29, 0.717) is 19.7 Å². The smallest absolute Gasteiger partial charge is 0.405 e. The number of amides is 1. The second kappa shape index (κ2) is 9.05. The standard InChI is InChI=1S/C24H29FN2O5/c1-23(2)31-15-24(16-32-23,26-22(28)29)14-27-9-8-18-11-21(7-6-19(18)12-27)30-13-17-4-3-5-20(25)10-17/h3-7,10-11,26H,8-9,12-16H2,1-2H3,(H,28,29). The highest BCUT2D eigenvalue weighted by Gasteiger charge is 2.43. The molecule has 2 heterocycles. The van der Waals surface area contributed by atoms with E-state index in [-0.39, 0.29) is 19.0 Å². The second-order valence-electron chi connectivity index (χ2n) is 9.00. The zero-order chi connectivity index (χ0) is 22.8. The summed E-state index contributed by atoms with van der Waals surface area (Å²) in [6.45, 7) is 6.43. The lowest BCUT2D eigenvalue weighted by Crippen LogP contribution is -2.65. The average molecular weight is 445 g/mol. The summed E-state index contributed by atoms with van der Waals surface area (Å²) in [5.74, 6) is -0.244. The van der Waals surface area contributed by atoms with Crippen molar-refractivity contribution in [1.29, 1.82) is 0 Å². The number of rotatable bonds is 6. The Morgan fingerprint density at radius 2 is 1.97 bits per heavy atom. The van der Waals surface area contributed by atoms with Gasteiger partial charge in [0.05, 0.1) is 13.2 Å². The third kappa shape index (κ3) is 5.56. The number of carbonyl (C=O) groups is 1. The van der Waals surface area contributed by atoms with E-state index in [1.807, 2.05) is 38.1 Å². The maximum Gasteiger partial charge on any atom is 0.405 e. The Labute approximate surface area is 187 Å². The molecular formula is C24H29FN2O5. The van der Waals surface area contributed by atoms with E-state index in [1.165, 1.54) is 23.3 Å². The Balaban J connectivity index is 1.39. The Kier molecular flexibility index (Phi) is 6.37. The molecule has 8 heteroatoms. The van der Waals surface area contributed by atoms with Crippen molar-refractivity contribution in [3.8, 4) is 5.75 Å². The number of fused-ring (bicyclic) bond motifs is 1. The predicted octanol–water partition coefficient (Wildman–Crippen LogP) is 3.55. The van der Waals surface area contributed by atoms with Crippen LogP contribution in [0.5, 0.6) is 5.75 Å². The first-order chi connectivity index (χ1) is 15.2. The van der Waals surface area contributed by atoms with Crippen molar-refractivity contribution in [3.05, 3.63) is 65.0 Å². The predicted molar refractivity (Wildman–Crippen MR) is 116 cm³/mol. The molecule has 2 aliphatic rings. The Morgan fingerprint density at radius 3 is 2.69 bits per heavy atom. The first-order valence-corrected chi connectivity index (χ1v) is 10.7. The SMILES string of the molecule is CC1(C)OCC(CN2CCc3cc(OCc4cccc(F)c4)ccc3C2)(NC(=O)O)CO1. The van der Waals surface area contributed by atoms with Crippen LogP contribution in [0.25, 0.3) is 0 Å². The van der Waals surface area contributed by atoms with E-state index in [1.54, 1.807) is 6.07 Å². The van der Waals surface area contributed by atoms with Crippen molar-refractivity contribution in [2.24, 2.45) is 0 Å². The van der Waals surface area contributed by atoms with Crippen LogP contribution in [-0.2, 0) is 29.0 Å². The van der Waals surface area contributed by atoms with E-state index in [4.69, 9.17) is 14.2 Å². The molecule has 0 radical (unpaired) electrons. The molecule has 1 saturated heterocycles. The maximum absolute atomic E-state index is 13.3. The third-order valence-corrected chi connectivity index (χ3v) is 5.85. The molecule has 0 bridgehead atoms. The normalized spacial score (nSPS) is 19.7. The fourth-order valence-corrected chi connectivity index (χ4v) is 4.17. The molecule has 1 fully saturated rings. The maximum atomic E-state index is 13.3. The Morgan fingerprint density at radius 1 is 1.19 bits per heavy atom. The summed E-state index contributed by atoms with van der Waals surface area (Å²) in [5.41, 5.74) is 2.35. The van der Waals surface area contributed by atoms with Gasteiger partial charge in [-0.2, -0.15) is 0 Å². The van der Waals surface area contributed by atoms with Crippen molar-refractivity contribution < 1.29 is 28.5 Å². The van der Waals surface area contributed by atoms with Gasteiger partial charge in [0.1, 0.15) is 23.7 Å². The molecule has 0 saturated carbocycles. The van der Waals surface area contributed by atoms with Crippen LogP contribution in [0.2, 0.25) is 0 Å². The van der Waals surface area contributed by atoms with Crippen molar-refractivity contribution >= 4 is 6.09 Å². The molecule has 0 aliphatic carbocycles. The average Bonchev–Trinajstić information content (AvgIpc) is 2.74. The van der Waals surface area contributed by atoms with Gasteiger partial charge >= 0.3 is 6.09 Å². The number of carboxylic acid groups (broad SMARTS) is 1. The van der Waals surface area contributed by atoms with Crippen LogP contribution in [0.3, 0.4) is 0 Å². The summed E-state index contributed by atoms with van der Waals surface area (Å²) < 4.78 is 30.7. The zero-order valence-corrected chi connectivity index (χ0v) is 18.4. The fourth-order valence-electron chi connectivity index (χ4n) is 4.17. The molecule has 1 amide bonds. The van der Waals surface area contributed by atoms with Crippen LogP contribution >= 0.6 is 0 Å². The van der Waals surface area contributed by atoms with Crippen LogP contribution in [-0.4, -0.2) is 53.7 Å². The fraction of sp³-hybridized carbons (Fsp3) is 0.458. The molecule has 4 rings (SSSR count). The van der Waals surface area contributed by atoms with Gasteiger partial charge in [-0.3, -0.25) is 4.90 Å². The molecule has 2 aliphatic heterocycles. The third-order valence-electron chi connectivity index (χ3n) is 5.85. The molecule has 2 aromatic carbocycles. The van der Waals surface area contributed by atoms with Gasteiger partial charge in [-0.1, -0.05) is 18.2 Å². The molecule has 0 atom stereocenters. The molecule has 0 spiro atoms. The molecule has 32 heavy (non-hydrogen) atoms. The minimum Gasteiger partial charge on any atom is -0.489 e. The summed E-state index contributed by atoms with van der Waals surface area (Å²) in [4.78, 5) is 13.6.